The quantitative estimate of drug-likeness (QED) is 0.663. The Kier molecular flexibility index (Phi) is 1.73. The van der Waals surface area contributed by atoms with Gasteiger partial charge in [-0.2, -0.15) is 4.68 Å². The van der Waals surface area contributed by atoms with E-state index in [9.17, 15) is 0 Å². The van der Waals surface area contributed by atoms with Crippen molar-refractivity contribution in [3.8, 4) is 5.95 Å². The minimum Gasteiger partial charge on any atom is -0.382 e. The number of nitrogens with two attached hydrogens (primary N) is 1. The molecule has 1 aromatic carbocycles. The van der Waals surface area contributed by atoms with Crippen molar-refractivity contribution in [2.45, 2.75) is 0 Å². The maximum Gasteiger partial charge on any atom is 0.231 e. The number of benzene rings is 1. The molecule has 0 atom stereocenters. The summed E-state index contributed by atoms with van der Waals surface area (Å²) < 4.78 is 3.66. The third kappa shape index (κ3) is 1.11. The van der Waals surface area contributed by atoms with Gasteiger partial charge in [-0.3, -0.25) is 0 Å². The van der Waals surface area contributed by atoms with E-state index in [4.69, 9.17) is 5.73 Å². The largest absolute Gasteiger partial charge is 0.382 e. The van der Waals surface area contributed by atoms with Crippen molar-refractivity contribution < 1.29 is 0 Å². The maximum atomic E-state index is 5.86. The van der Waals surface area contributed by atoms with E-state index in [2.05, 4.69) is 10.1 Å². The van der Waals surface area contributed by atoms with Crippen LogP contribution in [0, 0.1) is 0 Å². The van der Waals surface area contributed by atoms with Crippen molar-refractivity contribution in [3.05, 3.63) is 36.7 Å². The van der Waals surface area contributed by atoms with Gasteiger partial charge in [0.1, 0.15) is 0 Å². The maximum absolute atomic E-state index is 5.86. The molecule has 0 saturated heterocycles. The molecule has 0 amide bonds. The highest BCUT2D eigenvalue weighted by Crippen LogP contribution is 2.22. The number of anilines is 1. The first-order chi connectivity index (χ1) is 7.77. The number of aromatic nitrogens is 4. The van der Waals surface area contributed by atoms with Crippen molar-refractivity contribution in [1.82, 2.24) is 19.3 Å². The van der Waals surface area contributed by atoms with Gasteiger partial charge in [-0.1, -0.05) is 12.1 Å². The van der Waals surface area contributed by atoms with Crippen LogP contribution in [-0.2, 0) is 7.05 Å². The molecule has 5 heteroatoms. The number of hydrogen-bond donors (Lipinski definition) is 1. The lowest BCUT2D eigenvalue weighted by molar-refractivity contribution is 0.770. The van der Waals surface area contributed by atoms with Crippen LogP contribution in [0.1, 0.15) is 0 Å². The molecule has 0 radical (unpaired) electrons. The average molecular weight is 213 g/mol. The van der Waals surface area contributed by atoms with Gasteiger partial charge in [-0.25, -0.2) is 4.98 Å². The standard InChI is InChI=1S/C11H11N5/c1-15-7-6-13-11(15)16-9-5-3-2-4-8(9)10(12)14-16/h2-7H,1H3,(H2,12,14). The molecule has 3 aromatic rings. The summed E-state index contributed by atoms with van der Waals surface area (Å²) in [6.45, 7) is 0. The highest BCUT2D eigenvalue weighted by atomic mass is 15.4. The van der Waals surface area contributed by atoms with Crippen LogP contribution < -0.4 is 5.73 Å². The third-order valence-electron chi connectivity index (χ3n) is 2.60. The number of nitrogen functional groups attached to an aromatic ring is 1. The molecule has 5 nitrogen and oxygen atoms in total. The Hall–Kier alpha value is -2.30. The molecular weight excluding hydrogens is 202 g/mol. The molecule has 0 aliphatic rings. The SMILES string of the molecule is Cn1ccnc1-n1nc(N)c2ccccc21. The summed E-state index contributed by atoms with van der Waals surface area (Å²) in [5, 5.41) is 5.25. The van der Waals surface area contributed by atoms with Gasteiger partial charge >= 0.3 is 0 Å². The van der Waals surface area contributed by atoms with Crippen molar-refractivity contribution >= 4 is 16.7 Å². The van der Waals surface area contributed by atoms with E-state index >= 15 is 0 Å². The molecule has 0 unspecified atom stereocenters. The number of hydrogen-bond acceptors (Lipinski definition) is 3. The molecule has 0 aliphatic carbocycles. The molecule has 0 spiro atoms. The van der Waals surface area contributed by atoms with Crippen LogP contribution >= 0.6 is 0 Å². The zero-order chi connectivity index (χ0) is 11.1. The lowest BCUT2D eigenvalue weighted by Gasteiger charge is -2.01. The van der Waals surface area contributed by atoms with E-state index in [1.807, 2.05) is 42.1 Å². The summed E-state index contributed by atoms with van der Waals surface area (Å²) in [5.74, 6) is 1.28. The second-order valence-corrected chi connectivity index (χ2v) is 3.65. The van der Waals surface area contributed by atoms with Gasteiger partial charge in [0.15, 0.2) is 5.82 Å². The number of imidazole rings is 1. The van der Waals surface area contributed by atoms with Gasteiger partial charge in [0.05, 0.1) is 5.52 Å². The van der Waals surface area contributed by atoms with Crippen LogP contribution in [0.15, 0.2) is 36.7 Å². The van der Waals surface area contributed by atoms with Crippen LogP contribution in [0.5, 0.6) is 0 Å². The lowest BCUT2D eigenvalue weighted by atomic mass is 10.2. The summed E-state index contributed by atoms with van der Waals surface area (Å²) in [6.07, 6.45) is 3.62. The van der Waals surface area contributed by atoms with Gasteiger partial charge in [0.25, 0.3) is 0 Å². The number of para-hydroxylation sites is 1. The Morgan fingerprint density at radius 3 is 2.81 bits per heavy atom. The Morgan fingerprint density at radius 2 is 2.06 bits per heavy atom. The van der Waals surface area contributed by atoms with Gasteiger partial charge in [0.2, 0.25) is 5.95 Å². The van der Waals surface area contributed by atoms with Crippen molar-refractivity contribution in [3.63, 3.8) is 0 Å². The van der Waals surface area contributed by atoms with Gasteiger partial charge in [-0.05, 0) is 12.1 Å². The van der Waals surface area contributed by atoms with E-state index in [0.717, 1.165) is 16.9 Å². The van der Waals surface area contributed by atoms with Crippen LogP contribution in [0.3, 0.4) is 0 Å². The highest BCUT2D eigenvalue weighted by Gasteiger charge is 2.11. The number of rotatable bonds is 1. The molecule has 80 valence electrons. The molecule has 2 heterocycles. The molecule has 2 N–H and O–H groups in total. The van der Waals surface area contributed by atoms with Gasteiger partial charge in [-0.15, -0.1) is 5.10 Å². The van der Waals surface area contributed by atoms with E-state index < -0.39 is 0 Å². The first-order valence-electron chi connectivity index (χ1n) is 4.98. The molecular formula is C11H11N5. The summed E-state index contributed by atoms with van der Waals surface area (Å²) in [7, 11) is 1.93. The molecule has 0 saturated carbocycles. The second kappa shape index (κ2) is 3.10. The van der Waals surface area contributed by atoms with E-state index in [1.54, 1.807) is 10.9 Å². The number of aryl methyl sites for hydroxylation is 1. The van der Waals surface area contributed by atoms with Crippen LogP contribution in [0.2, 0.25) is 0 Å². The highest BCUT2D eigenvalue weighted by molar-refractivity contribution is 5.89. The van der Waals surface area contributed by atoms with E-state index in [1.165, 1.54) is 0 Å². The van der Waals surface area contributed by atoms with Crippen molar-refractivity contribution in [2.75, 3.05) is 5.73 Å². The van der Waals surface area contributed by atoms with Gasteiger partial charge in [0, 0.05) is 24.8 Å². The minimum atomic E-state index is 0.526. The summed E-state index contributed by atoms with van der Waals surface area (Å²) >= 11 is 0. The second-order valence-electron chi connectivity index (χ2n) is 3.65. The number of nitrogens with zero attached hydrogens (tertiary/aromatic N) is 4. The fourth-order valence-electron chi connectivity index (χ4n) is 1.80. The number of fused-ring (bicyclic) bond motifs is 1. The lowest BCUT2D eigenvalue weighted by Crippen LogP contribution is -2.04. The van der Waals surface area contributed by atoms with E-state index in [-0.39, 0.29) is 0 Å². The summed E-state index contributed by atoms with van der Waals surface area (Å²) in [5.41, 5.74) is 6.83. The zero-order valence-electron chi connectivity index (χ0n) is 8.83. The average Bonchev–Trinajstić information content (AvgIpc) is 2.84. The van der Waals surface area contributed by atoms with Crippen LogP contribution in [-0.4, -0.2) is 19.3 Å². The fourth-order valence-corrected chi connectivity index (χ4v) is 1.80. The van der Waals surface area contributed by atoms with Crippen molar-refractivity contribution in [1.29, 1.82) is 0 Å². The van der Waals surface area contributed by atoms with Gasteiger partial charge < -0.3 is 10.3 Å². The molecule has 2 aromatic heterocycles. The predicted molar refractivity (Wildman–Crippen MR) is 62.2 cm³/mol. The third-order valence-corrected chi connectivity index (χ3v) is 2.60. The molecule has 0 bridgehead atoms. The predicted octanol–water partition coefficient (Wildman–Crippen LogP) is 1.34. The first kappa shape index (κ1) is 8.96. The Bertz CT molecular complexity index is 649. The summed E-state index contributed by atoms with van der Waals surface area (Å²) in [6, 6.07) is 7.84. The van der Waals surface area contributed by atoms with Crippen LogP contribution in [0.4, 0.5) is 5.82 Å². The fraction of sp³-hybridized carbons (Fsp3) is 0.0909. The Morgan fingerprint density at radius 1 is 1.25 bits per heavy atom. The van der Waals surface area contributed by atoms with Crippen LogP contribution in [0.25, 0.3) is 16.9 Å². The smallest absolute Gasteiger partial charge is 0.231 e. The van der Waals surface area contributed by atoms with E-state index in [0.29, 0.717) is 5.82 Å². The first-order valence-corrected chi connectivity index (χ1v) is 4.98. The molecule has 16 heavy (non-hydrogen) atoms. The Balaban J connectivity index is 2.37. The zero-order valence-corrected chi connectivity index (χ0v) is 8.83. The molecule has 0 aliphatic heterocycles. The Labute approximate surface area is 92.1 Å². The monoisotopic (exact) mass is 213 g/mol. The summed E-state index contributed by atoms with van der Waals surface area (Å²) in [4.78, 5) is 4.26. The molecule has 0 fully saturated rings. The van der Waals surface area contributed by atoms with Crippen molar-refractivity contribution in [2.24, 2.45) is 7.05 Å². The topological polar surface area (TPSA) is 61.7 Å². The molecule has 3 rings (SSSR count). The minimum absolute atomic E-state index is 0.526. The normalized spacial score (nSPS) is 11.1.